The van der Waals surface area contributed by atoms with Crippen molar-refractivity contribution < 1.29 is 23.5 Å². The zero-order valence-corrected chi connectivity index (χ0v) is 16.3. The number of thioether (sulfide) groups is 1. The molecule has 28 heavy (non-hydrogen) atoms. The predicted molar refractivity (Wildman–Crippen MR) is 105 cm³/mol. The van der Waals surface area contributed by atoms with Crippen molar-refractivity contribution in [2.24, 2.45) is 0 Å². The third kappa shape index (κ3) is 4.82. The van der Waals surface area contributed by atoms with Crippen LogP contribution in [0.3, 0.4) is 0 Å². The van der Waals surface area contributed by atoms with Crippen molar-refractivity contribution in [3.63, 3.8) is 0 Å². The van der Waals surface area contributed by atoms with E-state index in [0.29, 0.717) is 17.7 Å². The van der Waals surface area contributed by atoms with Crippen LogP contribution in [0.1, 0.15) is 11.1 Å². The first kappa shape index (κ1) is 20.2. The van der Waals surface area contributed by atoms with Crippen LogP contribution in [0.5, 0.6) is 5.75 Å². The number of amides is 3. The number of halogens is 2. The van der Waals surface area contributed by atoms with Gasteiger partial charge in [0, 0.05) is 10.6 Å². The molecular weight excluding hydrogens is 407 g/mol. The van der Waals surface area contributed by atoms with Gasteiger partial charge in [0.15, 0.2) is 0 Å². The summed E-state index contributed by atoms with van der Waals surface area (Å²) in [5.74, 6) is -0.895. The molecule has 9 heteroatoms. The number of benzene rings is 2. The monoisotopic (exact) mass is 422 g/mol. The van der Waals surface area contributed by atoms with E-state index in [9.17, 15) is 18.8 Å². The van der Waals surface area contributed by atoms with Gasteiger partial charge in [0.05, 0.1) is 24.5 Å². The van der Waals surface area contributed by atoms with Crippen LogP contribution >= 0.6 is 23.4 Å². The van der Waals surface area contributed by atoms with Gasteiger partial charge >= 0.3 is 0 Å². The molecule has 0 radical (unpaired) electrons. The van der Waals surface area contributed by atoms with Gasteiger partial charge < -0.3 is 10.1 Å². The minimum atomic E-state index is -0.629. The molecular formula is C19H16ClFN2O4S. The van der Waals surface area contributed by atoms with Crippen molar-refractivity contribution in [2.75, 3.05) is 12.4 Å². The Morgan fingerprint density at radius 3 is 2.71 bits per heavy atom. The molecule has 2 N–H and O–H groups in total. The van der Waals surface area contributed by atoms with Gasteiger partial charge in [-0.05, 0) is 36.2 Å². The average Bonchev–Trinajstić information content (AvgIpc) is 2.95. The Morgan fingerprint density at radius 2 is 2.07 bits per heavy atom. The lowest BCUT2D eigenvalue weighted by molar-refractivity contribution is -0.119. The molecule has 1 aliphatic rings. The summed E-state index contributed by atoms with van der Waals surface area (Å²) in [6.07, 6.45) is 0.286. The molecule has 0 aromatic heterocycles. The summed E-state index contributed by atoms with van der Waals surface area (Å²) < 4.78 is 19.2. The van der Waals surface area contributed by atoms with Gasteiger partial charge in [-0.1, -0.05) is 35.5 Å². The van der Waals surface area contributed by atoms with Crippen LogP contribution in [0.2, 0.25) is 5.02 Å². The Bertz CT molecular complexity index is 954. The highest BCUT2D eigenvalue weighted by Crippen LogP contribution is 2.27. The SMILES string of the molecule is COc1ccc(CC2SC(=O)NC2=O)cc1CC(=O)Nc1ccc(Cl)cc1F. The van der Waals surface area contributed by atoms with Gasteiger partial charge in [-0.2, -0.15) is 0 Å². The van der Waals surface area contributed by atoms with Crippen molar-refractivity contribution in [1.29, 1.82) is 0 Å². The zero-order chi connectivity index (χ0) is 20.3. The minimum Gasteiger partial charge on any atom is -0.496 e. The molecule has 3 amide bonds. The normalized spacial score (nSPS) is 16.0. The van der Waals surface area contributed by atoms with Gasteiger partial charge in [-0.15, -0.1) is 0 Å². The van der Waals surface area contributed by atoms with E-state index >= 15 is 0 Å². The lowest BCUT2D eigenvalue weighted by Gasteiger charge is -2.13. The number of ether oxygens (including phenoxy) is 1. The molecule has 1 heterocycles. The first-order valence-corrected chi connectivity index (χ1v) is 9.53. The molecule has 1 saturated heterocycles. The van der Waals surface area contributed by atoms with E-state index < -0.39 is 17.0 Å². The molecule has 1 atom stereocenters. The molecule has 1 aliphatic heterocycles. The smallest absolute Gasteiger partial charge is 0.286 e. The van der Waals surface area contributed by atoms with Crippen molar-refractivity contribution in [2.45, 2.75) is 18.1 Å². The fourth-order valence-corrected chi connectivity index (χ4v) is 3.82. The highest BCUT2D eigenvalue weighted by Gasteiger charge is 2.31. The maximum atomic E-state index is 13.9. The molecule has 1 unspecified atom stereocenters. The van der Waals surface area contributed by atoms with E-state index in [2.05, 4.69) is 10.6 Å². The molecule has 6 nitrogen and oxygen atoms in total. The number of rotatable bonds is 6. The van der Waals surface area contributed by atoms with Gasteiger partial charge in [0.2, 0.25) is 11.8 Å². The summed E-state index contributed by atoms with van der Waals surface area (Å²) in [6.45, 7) is 0. The molecule has 0 spiro atoms. The number of anilines is 1. The van der Waals surface area contributed by atoms with Crippen molar-refractivity contribution in [3.05, 3.63) is 58.4 Å². The summed E-state index contributed by atoms with van der Waals surface area (Å²) in [5, 5.41) is 4.10. The Labute approximate surface area is 169 Å². The highest BCUT2D eigenvalue weighted by molar-refractivity contribution is 8.15. The lowest BCUT2D eigenvalue weighted by atomic mass is 10.0. The number of carbonyl (C=O) groups excluding carboxylic acids is 3. The van der Waals surface area contributed by atoms with Crippen LogP contribution in [0.15, 0.2) is 36.4 Å². The predicted octanol–water partition coefficient (Wildman–Crippen LogP) is 3.56. The first-order valence-electron chi connectivity index (χ1n) is 8.28. The largest absolute Gasteiger partial charge is 0.496 e. The average molecular weight is 423 g/mol. The number of hydrogen-bond acceptors (Lipinski definition) is 5. The molecule has 2 aromatic rings. The summed E-state index contributed by atoms with van der Waals surface area (Å²) in [7, 11) is 1.48. The summed E-state index contributed by atoms with van der Waals surface area (Å²) in [5.41, 5.74) is 1.40. The van der Waals surface area contributed by atoms with Crippen molar-refractivity contribution >= 4 is 46.1 Å². The van der Waals surface area contributed by atoms with Crippen LogP contribution in [0, 0.1) is 5.82 Å². The summed E-state index contributed by atoms with van der Waals surface area (Å²) >= 11 is 6.65. The number of carbonyl (C=O) groups is 3. The molecule has 0 bridgehead atoms. The fraction of sp³-hybridized carbons (Fsp3) is 0.211. The van der Waals surface area contributed by atoms with E-state index in [1.54, 1.807) is 18.2 Å². The maximum absolute atomic E-state index is 13.9. The molecule has 3 rings (SSSR count). The molecule has 0 saturated carbocycles. The van der Waals surface area contributed by atoms with Gasteiger partial charge in [-0.25, -0.2) is 4.39 Å². The minimum absolute atomic E-state index is 0.0297. The topological polar surface area (TPSA) is 84.5 Å². The lowest BCUT2D eigenvalue weighted by Crippen LogP contribution is -2.25. The quantitative estimate of drug-likeness (QED) is 0.743. The van der Waals surface area contributed by atoms with Crippen molar-refractivity contribution in [3.8, 4) is 5.75 Å². The number of imide groups is 1. The molecule has 2 aromatic carbocycles. The van der Waals surface area contributed by atoms with E-state index in [0.717, 1.165) is 23.4 Å². The van der Waals surface area contributed by atoms with Crippen LogP contribution in [0.25, 0.3) is 0 Å². The molecule has 0 aliphatic carbocycles. The highest BCUT2D eigenvalue weighted by atomic mass is 35.5. The van der Waals surface area contributed by atoms with E-state index in [4.69, 9.17) is 16.3 Å². The standard InChI is InChI=1S/C19H16ClFN2O4S/c1-27-15-5-2-10(7-16-18(25)23-19(26)28-16)6-11(15)8-17(24)22-14-4-3-12(20)9-13(14)21/h2-6,9,16H,7-8H2,1H3,(H,22,24)(H,23,25,26). The van der Waals surface area contributed by atoms with Gasteiger partial charge in [-0.3, -0.25) is 19.7 Å². The second-order valence-electron chi connectivity index (χ2n) is 6.08. The van der Waals surface area contributed by atoms with Crippen LogP contribution in [-0.2, 0) is 22.4 Å². The van der Waals surface area contributed by atoms with Gasteiger partial charge in [0.1, 0.15) is 11.6 Å². The number of methoxy groups -OCH3 is 1. The fourth-order valence-electron chi connectivity index (χ4n) is 2.80. The Balaban J connectivity index is 1.73. The Kier molecular flexibility index (Phi) is 6.21. The second-order valence-corrected chi connectivity index (χ2v) is 7.69. The maximum Gasteiger partial charge on any atom is 0.286 e. The summed E-state index contributed by atoms with van der Waals surface area (Å²) in [6, 6.07) is 9.19. The molecule has 1 fully saturated rings. The number of hydrogen-bond donors (Lipinski definition) is 2. The number of nitrogens with one attached hydrogen (secondary N) is 2. The van der Waals surface area contributed by atoms with Gasteiger partial charge in [0.25, 0.3) is 5.24 Å². The van der Waals surface area contributed by atoms with Crippen LogP contribution in [-0.4, -0.2) is 29.4 Å². The summed E-state index contributed by atoms with van der Waals surface area (Å²) in [4.78, 5) is 35.4. The zero-order valence-electron chi connectivity index (χ0n) is 14.8. The Hall–Kier alpha value is -2.58. The van der Waals surface area contributed by atoms with E-state index in [1.165, 1.54) is 19.2 Å². The van der Waals surface area contributed by atoms with Crippen LogP contribution in [0.4, 0.5) is 14.9 Å². The molecule has 146 valence electrons. The van der Waals surface area contributed by atoms with Crippen molar-refractivity contribution in [1.82, 2.24) is 5.32 Å². The van der Waals surface area contributed by atoms with E-state index in [1.807, 2.05) is 0 Å². The second kappa shape index (κ2) is 8.62. The van der Waals surface area contributed by atoms with Crippen LogP contribution < -0.4 is 15.4 Å². The first-order chi connectivity index (χ1) is 13.4. The van der Waals surface area contributed by atoms with E-state index in [-0.39, 0.29) is 28.3 Å². The third-order valence-corrected chi connectivity index (χ3v) is 5.31. The Morgan fingerprint density at radius 1 is 1.29 bits per heavy atom. The third-order valence-electron chi connectivity index (χ3n) is 4.09.